The molecule has 0 fully saturated rings. The van der Waals surface area contributed by atoms with E-state index < -0.39 is 0 Å². The minimum Gasteiger partial charge on any atom is -0.326 e. The third-order valence-corrected chi connectivity index (χ3v) is 3.76. The number of carbonyl (C=O) groups is 2. The zero-order chi connectivity index (χ0) is 17.8. The summed E-state index contributed by atoms with van der Waals surface area (Å²) in [5.41, 5.74) is 1.42. The second-order valence-electron chi connectivity index (χ2n) is 5.57. The second kappa shape index (κ2) is 7.04. The van der Waals surface area contributed by atoms with E-state index in [0.29, 0.717) is 22.2 Å². The second-order valence-corrected chi connectivity index (χ2v) is 5.57. The van der Waals surface area contributed by atoms with Crippen molar-refractivity contribution >= 4 is 28.3 Å². The Hall–Kier alpha value is -3.35. The Bertz CT molecular complexity index is 993. The van der Waals surface area contributed by atoms with E-state index in [1.165, 1.54) is 11.6 Å². The van der Waals surface area contributed by atoms with Crippen LogP contribution in [-0.2, 0) is 11.3 Å². The molecule has 0 saturated carbocycles. The Balaban J connectivity index is 1.65. The topological polar surface area (TPSA) is 93.9 Å². The van der Waals surface area contributed by atoms with Crippen molar-refractivity contribution in [3.63, 3.8) is 0 Å². The molecule has 7 heteroatoms. The fourth-order valence-corrected chi connectivity index (χ4v) is 2.39. The van der Waals surface area contributed by atoms with Crippen molar-refractivity contribution < 1.29 is 9.59 Å². The van der Waals surface area contributed by atoms with Crippen LogP contribution in [0.3, 0.4) is 0 Å². The highest BCUT2D eigenvalue weighted by Gasteiger charge is 2.08. The molecule has 7 nitrogen and oxygen atoms in total. The monoisotopic (exact) mass is 336 g/mol. The lowest BCUT2D eigenvalue weighted by atomic mass is 10.1. The number of nitrogens with zero attached hydrogens (tertiary/aromatic N) is 3. The van der Waals surface area contributed by atoms with Gasteiger partial charge in [-0.15, -0.1) is 5.10 Å². The van der Waals surface area contributed by atoms with Gasteiger partial charge in [0.25, 0.3) is 5.56 Å². The predicted molar refractivity (Wildman–Crippen MR) is 93.5 cm³/mol. The van der Waals surface area contributed by atoms with E-state index >= 15 is 0 Å². The summed E-state index contributed by atoms with van der Waals surface area (Å²) < 4.78 is 1.18. The minimum atomic E-state index is -0.274. The summed E-state index contributed by atoms with van der Waals surface area (Å²) in [7, 11) is 0. The van der Waals surface area contributed by atoms with Crippen LogP contribution in [0.4, 0.5) is 5.69 Å². The first kappa shape index (κ1) is 16.5. The smallest absolute Gasteiger partial charge is 0.277 e. The summed E-state index contributed by atoms with van der Waals surface area (Å²) in [5, 5.41) is 11.0. The van der Waals surface area contributed by atoms with E-state index in [-0.39, 0.29) is 30.2 Å². The molecule has 0 aliphatic heterocycles. The number of nitrogens with one attached hydrogen (secondary N) is 1. The summed E-state index contributed by atoms with van der Waals surface area (Å²) in [5.74, 6) is -0.287. The van der Waals surface area contributed by atoms with Crippen molar-refractivity contribution in [2.75, 3.05) is 5.32 Å². The molecule has 1 aromatic heterocycles. The zero-order valence-electron chi connectivity index (χ0n) is 13.6. The normalized spacial score (nSPS) is 10.6. The largest absolute Gasteiger partial charge is 0.326 e. The van der Waals surface area contributed by atoms with E-state index in [0.717, 1.165) is 0 Å². The van der Waals surface area contributed by atoms with Gasteiger partial charge in [-0.2, -0.15) is 0 Å². The van der Waals surface area contributed by atoms with Crippen LogP contribution in [0, 0.1) is 0 Å². The van der Waals surface area contributed by atoms with E-state index in [1.54, 1.807) is 48.5 Å². The van der Waals surface area contributed by atoms with Crippen LogP contribution in [0.2, 0.25) is 0 Å². The maximum atomic E-state index is 12.3. The molecule has 0 bridgehead atoms. The van der Waals surface area contributed by atoms with Crippen molar-refractivity contribution in [3.05, 3.63) is 64.4 Å². The van der Waals surface area contributed by atoms with Gasteiger partial charge in [0.1, 0.15) is 5.52 Å². The number of benzene rings is 2. The first-order chi connectivity index (χ1) is 12.0. The number of aryl methyl sites for hydroxylation is 1. The highest BCUT2D eigenvalue weighted by molar-refractivity contribution is 5.95. The number of aromatic nitrogens is 3. The van der Waals surface area contributed by atoms with Gasteiger partial charge in [0.2, 0.25) is 5.91 Å². The van der Waals surface area contributed by atoms with E-state index in [4.69, 9.17) is 0 Å². The molecule has 2 aromatic carbocycles. The van der Waals surface area contributed by atoms with Crippen LogP contribution in [0.25, 0.3) is 10.9 Å². The van der Waals surface area contributed by atoms with Gasteiger partial charge >= 0.3 is 0 Å². The molecule has 0 saturated heterocycles. The molecule has 3 rings (SSSR count). The maximum Gasteiger partial charge on any atom is 0.277 e. The number of Topliss-reactive ketones (excluding diaryl/α,β-unsaturated/α-hetero) is 1. The lowest BCUT2D eigenvalue weighted by molar-refractivity contribution is -0.116. The Morgan fingerprint density at radius 3 is 2.52 bits per heavy atom. The van der Waals surface area contributed by atoms with Gasteiger partial charge in [-0.05, 0) is 43.3 Å². The van der Waals surface area contributed by atoms with E-state index in [2.05, 4.69) is 15.6 Å². The summed E-state index contributed by atoms with van der Waals surface area (Å²) in [6.45, 7) is 1.62. The Morgan fingerprint density at radius 1 is 1.08 bits per heavy atom. The number of amides is 1. The summed E-state index contributed by atoms with van der Waals surface area (Å²) in [6.07, 6.45) is 0.0847. The Morgan fingerprint density at radius 2 is 1.80 bits per heavy atom. The summed E-state index contributed by atoms with van der Waals surface area (Å²) in [4.78, 5) is 35.6. The van der Waals surface area contributed by atoms with Crippen molar-refractivity contribution in [1.29, 1.82) is 0 Å². The molecule has 0 unspecified atom stereocenters. The SMILES string of the molecule is CC(=O)c1ccc(NC(=O)CCn2nnc3ccccc3c2=O)cc1. The minimum absolute atomic E-state index is 0.0351. The average molecular weight is 336 g/mol. The predicted octanol–water partition coefficient (Wildman–Crippen LogP) is 2.02. The molecular formula is C18H16N4O3. The third kappa shape index (κ3) is 3.77. The Labute approximate surface area is 143 Å². The molecule has 25 heavy (non-hydrogen) atoms. The lowest BCUT2D eigenvalue weighted by Crippen LogP contribution is -2.26. The van der Waals surface area contributed by atoms with Crippen molar-refractivity contribution in [3.8, 4) is 0 Å². The molecule has 0 aliphatic rings. The first-order valence-electron chi connectivity index (χ1n) is 7.78. The molecule has 126 valence electrons. The molecule has 3 aromatic rings. The molecule has 1 amide bonds. The van der Waals surface area contributed by atoms with Crippen LogP contribution < -0.4 is 10.9 Å². The standard InChI is InChI=1S/C18H16N4O3/c1-12(23)13-6-8-14(9-7-13)19-17(24)10-11-22-18(25)15-4-2-3-5-16(15)20-21-22/h2-9H,10-11H2,1H3,(H,19,24). The van der Waals surface area contributed by atoms with Crippen LogP contribution >= 0.6 is 0 Å². The maximum absolute atomic E-state index is 12.3. The number of rotatable bonds is 5. The molecule has 0 radical (unpaired) electrons. The van der Waals surface area contributed by atoms with Gasteiger partial charge in [0.15, 0.2) is 5.78 Å². The summed E-state index contributed by atoms with van der Waals surface area (Å²) in [6, 6.07) is 13.6. The molecule has 0 spiro atoms. The number of anilines is 1. The van der Waals surface area contributed by atoms with Gasteiger partial charge in [-0.25, -0.2) is 4.68 Å². The van der Waals surface area contributed by atoms with Gasteiger partial charge in [0, 0.05) is 17.7 Å². The van der Waals surface area contributed by atoms with Crippen molar-refractivity contribution in [1.82, 2.24) is 15.0 Å². The van der Waals surface area contributed by atoms with Crippen LogP contribution in [0.1, 0.15) is 23.7 Å². The van der Waals surface area contributed by atoms with Crippen LogP contribution in [-0.4, -0.2) is 26.7 Å². The lowest BCUT2D eigenvalue weighted by Gasteiger charge is -2.07. The van der Waals surface area contributed by atoms with Crippen molar-refractivity contribution in [2.24, 2.45) is 0 Å². The molecule has 1 heterocycles. The van der Waals surface area contributed by atoms with Gasteiger partial charge in [-0.1, -0.05) is 17.3 Å². The Kier molecular flexibility index (Phi) is 4.65. The van der Waals surface area contributed by atoms with Gasteiger partial charge in [-0.3, -0.25) is 14.4 Å². The molecule has 1 N–H and O–H groups in total. The quantitative estimate of drug-likeness (QED) is 0.719. The van der Waals surface area contributed by atoms with E-state index in [1.807, 2.05) is 0 Å². The number of hydrogen-bond donors (Lipinski definition) is 1. The highest BCUT2D eigenvalue weighted by Crippen LogP contribution is 2.10. The van der Waals surface area contributed by atoms with Crippen molar-refractivity contribution in [2.45, 2.75) is 19.9 Å². The zero-order valence-corrected chi connectivity index (χ0v) is 13.6. The number of hydrogen-bond acceptors (Lipinski definition) is 5. The fraction of sp³-hybridized carbons (Fsp3) is 0.167. The van der Waals surface area contributed by atoms with E-state index in [9.17, 15) is 14.4 Å². The van der Waals surface area contributed by atoms with Gasteiger partial charge in [0.05, 0.1) is 11.9 Å². The van der Waals surface area contributed by atoms with Crippen LogP contribution in [0.15, 0.2) is 53.3 Å². The third-order valence-electron chi connectivity index (χ3n) is 3.76. The summed E-state index contributed by atoms with van der Waals surface area (Å²) >= 11 is 0. The molecule has 0 aliphatic carbocycles. The number of fused-ring (bicyclic) bond motifs is 1. The van der Waals surface area contributed by atoms with Gasteiger partial charge < -0.3 is 5.32 Å². The highest BCUT2D eigenvalue weighted by atomic mass is 16.2. The fourth-order valence-electron chi connectivity index (χ4n) is 2.39. The average Bonchev–Trinajstić information content (AvgIpc) is 2.62. The molecular weight excluding hydrogens is 320 g/mol. The first-order valence-corrected chi connectivity index (χ1v) is 7.78. The number of carbonyl (C=O) groups excluding carboxylic acids is 2. The van der Waals surface area contributed by atoms with Crippen LogP contribution in [0.5, 0.6) is 0 Å². The number of ketones is 1. The molecule has 0 atom stereocenters.